The molecular weight excluding hydrogens is 393 g/mol. The van der Waals surface area contributed by atoms with Crippen molar-refractivity contribution in [2.75, 3.05) is 10.5 Å². The summed E-state index contributed by atoms with van der Waals surface area (Å²) in [5.41, 5.74) is 0.769. The highest BCUT2D eigenvalue weighted by molar-refractivity contribution is 7.92. The molecule has 1 N–H and O–H groups in total. The molecule has 2 aromatic carbocycles. The predicted octanol–water partition coefficient (Wildman–Crippen LogP) is 3.81. The maximum Gasteiger partial charge on any atom is 0.232 e. The van der Waals surface area contributed by atoms with Gasteiger partial charge in [0.1, 0.15) is 5.82 Å². The van der Waals surface area contributed by atoms with Crippen molar-refractivity contribution in [3.8, 4) is 0 Å². The molecule has 0 amide bonds. The van der Waals surface area contributed by atoms with Crippen LogP contribution in [-0.2, 0) is 10.0 Å². The molecule has 0 aliphatic rings. The van der Waals surface area contributed by atoms with Crippen LogP contribution in [0, 0.1) is 5.82 Å². The van der Waals surface area contributed by atoms with Gasteiger partial charge in [0.15, 0.2) is 5.78 Å². The minimum atomic E-state index is -3.64. The van der Waals surface area contributed by atoms with E-state index in [4.69, 9.17) is 11.6 Å². The Morgan fingerprint density at radius 1 is 1.15 bits per heavy atom. The number of rotatable bonds is 6. The molecule has 0 spiro atoms. The molecule has 0 unspecified atom stereocenters. The van der Waals surface area contributed by atoms with Crippen LogP contribution < -0.4 is 4.72 Å². The van der Waals surface area contributed by atoms with Crippen LogP contribution in [0.4, 0.5) is 10.1 Å². The lowest BCUT2D eigenvalue weighted by atomic mass is 10.0. The third kappa shape index (κ3) is 4.06. The average Bonchev–Trinajstić information content (AvgIpc) is 2.63. The van der Waals surface area contributed by atoms with Gasteiger partial charge in [-0.2, -0.15) is 0 Å². The third-order valence-electron chi connectivity index (χ3n) is 3.79. The van der Waals surface area contributed by atoms with E-state index >= 15 is 0 Å². The average molecular weight is 408 g/mol. The maximum absolute atomic E-state index is 14.4. The fraction of sp³-hybridized carbons (Fsp3) is 0.167. The topological polar surface area (TPSA) is 89.0 Å². The Morgan fingerprint density at radius 3 is 2.56 bits per heavy atom. The summed E-state index contributed by atoms with van der Waals surface area (Å²) in [5, 5.41) is -0.293. The van der Waals surface area contributed by atoms with Crippen LogP contribution >= 0.6 is 11.6 Å². The number of sulfonamides is 1. The number of halogens is 2. The molecule has 0 saturated carbocycles. The standard InChI is InChI=1S/C18H15ClFN3O3S/c1-2-9-27(25,26)23-14-6-4-12(20)16(17(14)19)18(24)11-3-5-13-15(10-11)22-8-7-21-13/h3-8,10,23H,2,9H2,1H3. The molecule has 9 heteroatoms. The van der Waals surface area contributed by atoms with Crippen LogP contribution in [0.15, 0.2) is 42.7 Å². The van der Waals surface area contributed by atoms with Crippen LogP contribution in [0.25, 0.3) is 11.0 Å². The molecule has 1 heterocycles. The van der Waals surface area contributed by atoms with Crippen molar-refractivity contribution in [2.45, 2.75) is 13.3 Å². The first-order valence-electron chi connectivity index (χ1n) is 8.06. The molecule has 140 valence electrons. The molecule has 0 saturated heterocycles. The van der Waals surface area contributed by atoms with Crippen LogP contribution in [-0.4, -0.2) is 29.9 Å². The summed E-state index contributed by atoms with van der Waals surface area (Å²) in [6.07, 6.45) is 3.40. The number of nitrogens with zero attached hydrogens (tertiary/aromatic N) is 2. The van der Waals surface area contributed by atoms with E-state index in [1.54, 1.807) is 13.0 Å². The lowest BCUT2D eigenvalue weighted by Gasteiger charge is -2.12. The maximum atomic E-state index is 14.4. The van der Waals surface area contributed by atoms with Crippen LogP contribution in [0.5, 0.6) is 0 Å². The zero-order chi connectivity index (χ0) is 19.6. The predicted molar refractivity (Wildman–Crippen MR) is 102 cm³/mol. The number of hydrogen-bond donors (Lipinski definition) is 1. The molecule has 0 bridgehead atoms. The number of anilines is 1. The monoisotopic (exact) mass is 407 g/mol. The van der Waals surface area contributed by atoms with Gasteiger partial charge in [-0.15, -0.1) is 0 Å². The Morgan fingerprint density at radius 2 is 1.85 bits per heavy atom. The van der Waals surface area contributed by atoms with Gasteiger partial charge in [0.2, 0.25) is 10.0 Å². The van der Waals surface area contributed by atoms with Crippen LogP contribution in [0.1, 0.15) is 29.3 Å². The fourth-order valence-corrected chi connectivity index (χ4v) is 4.06. The highest BCUT2D eigenvalue weighted by atomic mass is 35.5. The fourth-order valence-electron chi connectivity index (χ4n) is 2.58. The summed E-state index contributed by atoms with van der Waals surface area (Å²) in [7, 11) is -3.64. The molecular formula is C18H15ClFN3O3S. The Balaban J connectivity index is 2.04. The molecule has 1 aromatic heterocycles. The molecule has 3 rings (SSSR count). The molecule has 0 aliphatic carbocycles. The van der Waals surface area contributed by atoms with E-state index in [1.165, 1.54) is 30.6 Å². The number of fused-ring (bicyclic) bond motifs is 1. The first kappa shape index (κ1) is 19.2. The van der Waals surface area contributed by atoms with Gasteiger partial charge in [0.25, 0.3) is 0 Å². The molecule has 0 atom stereocenters. The Kier molecular flexibility index (Phi) is 5.38. The Labute approximate surface area is 160 Å². The minimum Gasteiger partial charge on any atom is -0.288 e. The van der Waals surface area contributed by atoms with Crippen molar-refractivity contribution < 1.29 is 17.6 Å². The second kappa shape index (κ2) is 7.58. The number of carbonyl (C=O) groups is 1. The smallest absolute Gasteiger partial charge is 0.232 e. The van der Waals surface area contributed by atoms with E-state index in [0.29, 0.717) is 17.5 Å². The molecule has 0 aliphatic heterocycles. The van der Waals surface area contributed by atoms with E-state index in [0.717, 1.165) is 6.07 Å². The first-order chi connectivity index (χ1) is 12.8. The normalized spacial score (nSPS) is 11.5. The number of benzene rings is 2. The third-order valence-corrected chi connectivity index (χ3v) is 5.66. The van der Waals surface area contributed by atoms with Crippen molar-refractivity contribution in [3.05, 3.63) is 64.7 Å². The highest BCUT2D eigenvalue weighted by Gasteiger charge is 2.22. The zero-order valence-electron chi connectivity index (χ0n) is 14.2. The van der Waals surface area contributed by atoms with Gasteiger partial charge < -0.3 is 0 Å². The van der Waals surface area contributed by atoms with Gasteiger partial charge in [-0.3, -0.25) is 19.5 Å². The van der Waals surface area contributed by atoms with Crippen molar-refractivity contribution in [3.63, 3.8) is 0 Å². The lowest BCUT2D eigenvalue weighted by molar-refractivity contribution is 0.103. The van der Waals surface area contributed by atoms with Gasteiger partial charge in [-0.1, -0.05) is 18.5 Å². The number of hydrogen-bond acceptors (Lipinski definition) is 5. The summed E-state index contributed by atoms with van der Waals surface area (Å²) in [6, 6.07) is 6.75. The van der Waals surface area contributed by atoms with Gasteiger partial charge in [-0.05, 0) is 36.8 Å². The summed E-state index contributed by atoms with van der Waals surface area (Å²) in [4.78, 5) is 21.1. The zero-order valence-corrected chi connectivity index (χ0v) is 15.8. The van der Waals surface area contributed by atoms with Gasteiger partial charge >= 0.3 is 0 Å². The van der Waals surface area contributed by atoms with E-state index in [2.05, 4.69) is 14.7 Å². The highest BCUT2D eigenvalue weighted by Crippen LogP contribution is 2.31. The van der Waals surface area contributed by atoms with E-state index in [9.17, 15) is 17.6 Å². The quantitative estimate of drug-likeness (QED) is 0.627. The summed E-state index contributed by atoms with van der Waals surface area (Å²) in [6.45, 7) is 1.71. The van der Waals surface area contributed by atoms with E-state index < -0.39 is 27.2 Å². The van der Waals surface area contributed by atoms with Crippen molar-refractivity contribution >= 4 is 44.1 Å². The molecule has 0 fully saturated rings. The SMILES string of the molecule is CCCS(=O)(=O)Nc1ccc(F)c(C(=O)c2ccc3nccnc3c2)c1Cl. The largest absolute Gasteiger partial charge is 0.288 e. The van der Waals surface area contributed by atoms with Crippen molar-refractivity contribution in [1.29, 1.82) is 0 Å². The van der Waals surface area contributed by atoms with Gasteiger partial charge in [0, 0.05) is 18.0 Å². The number of ketones is 1. The minimum absolute atomic E-state index is 0.0459. The lowest BCUT2D eigenvalue weighted by Crippen LogP contribution is -2.17. The molecule has 6 nitrogen and oxygen atoms in total. The van der Waals surface area contributed by atoms with Crippen LogP contribution in [0.2, 0.25) is 5.02 Å². The number of nitrogens with one attached hydrogen (secondary N) is 1. The summed E-state index contributed by atoms with van der Waals surface area (Å²) < 4.78 is 40.6. The van der Waals surface area contributed by atoms with E-state index in [1.807, 2.05) is 0 Å². The second-order valence-electron chi connectivity index (χ2n) is 5.79. The molecule has 27 heavy (non-hydrogen) atoms. The van der Waals surface area contributed by atoms with Gasteiger partial charge in [-0.25, -0.2) is 12.8 Å². The first-order valence-corrected chi connectivity index (χ1v) is 10.1. The Hall–Kier alpha value is -2.58. The summed E-state index contributed by atoms with van der Waals surface area (Å²) in [5.74, 6) is -1.64. The number of aromatic nitrogens is 2. The molecule has 0 radical (unpaired) electrons. The van der Waals surface area contributed by atoms with Crippen molar-refractivity contribution in [2.24, 2.45) is 0 Å². The van der Waals surface area contributed by atoms with Crippen LogP contribution in [0.3, 0.4) is 0 Å². The van der Waals surface area contributed by atoms with Crippen molar-refractivity contribution in [1.82, 2.24) is 9.97 Å². The second-order valence-corrected chi connectivity index (χ2v) is 8.01. The van der Waals surface area contributed by atoms with Gasteiger partial charge in [0.05, 0.1) is 33.1 Å². The van der Waals surface area contributed by atoms with E-state index in [-0.39, 0.29) is 22.0 Å². The molecule has 3 aromatic rings. The number of carbonyl (C=O) groups excluding carboxylic acids is 1. The summed E-state index contributed by atoms with van der Waals surface area (Å²) >= 11 is 6.17. The Bertz CT molecular complexity index is 1140.